The number of aromatic amines is 1. The van der Waals surface area contributed by atoms with Crippen LogP contribution in [0.15, 0.2) is 18.2 Å². The number of methoxy groups -OCH3 is 1. The quantitative estimate of drug-likeness (QED) is 0.535. The highest BCUT2D eigenvalue weighted by Gasteiger charge is 2.14. The lowest BCUT2D eigenvalue weighted by atomic mass is 10.1. The van der Waals surface area contributed by atoms with Crippen LogP contribution in [0.25, 0.3) is 11.4 Å². The Morgan fingerprint density at radius 3 is 2.91 bits per heavy atom. The first-order chi connectivity index (χ1) is 10.5. The minimum atomic E-state index is -0.818. The van der Waals surface area contributed by atoms with E-state index in [1.165, 1.54) is 6.07 Å². The fourth-order valence-electron chi connectivity index (χ4n) is 2.10. The number of carboxylic acids is 1. The van der Waals surface area contributed by atoms with E-state index >= 15 is 0 Å². The van der Waals surface area contributed by atoms with Crippen LogP contribution in [0.2, 0.25) is 0 Å². The minimum Gasteiger partial charge on any atom is -0.507 e. The summed E-state index contributed by atoms with van der Waals surface area (Å²) >= 11 is 5.19. The standard InChI is InChI=1S/C14H17N3O4S/c1-21-9-5-6-11(18)10(8-9)13-15-16-14(22)17(13)7-3-2-4-12(19)20/h5-6,8,18H,2-4,7H2,1H3,(H,16,22)(H,19,20). The lowest BCUT2D eigenvalue weighted by Gasteiger charge is -2.09. The summed E-state index contributed by atoms with van der Waals surface area (Å²) in [6, 6.07) is 4.85. The number of carbonyl (C=O) groups is 1. The van der Waals surface area contributed by atoms with Crippen LogP contribution >= 0.6 is 12.2 Å². The lowest BCUT2D eigenvalue weighted by molar-refractivity contribution is -0.137. The van der Waals surface area contributed by atoms with Crippen molar-refractivity contribution in [2.45, 2.75) is 25.8 Å². The van der Waals surface area contributed by atoms with Crippen LogP contribution in [0.4, 0.5) is 0 Å². The first-order valence-corrected chi connectivity index (χ1v) is 7.18. The number of nitrogens with one attached hydrogen (secondary N) is 1. The summed E-state index contributed by atoms with van der Waals surface area (Å²) in [5.41, 5.74) is 0.505. The molecule has 0 saturated carbocycles. The number of ether oxygens (including phenoxy) is 1. The molecule has 0 amide bonds. The Balaban J connectivity index is 2.25. The summed E-state index contributed by atoms with van der Waals surface area (Å²) < 4.78 is 7.32. The maximum atomic E-state index is 10.5. The summed E-state index contributed by atoms with van der Waals surface area (Å²) in [5, 5.41) is 25.5. The highest BCUT2D eigenvalue weighted by atomic mass is 32.1. The van der Waals surface area contributed by atoms with Gasteiger partial charge in [0.25, 0.3) is 0 Å². The van der Waals surface area contributed by atoms with Gasteiger partial charge in [0.2, 0.25) is 0 Å². The number of hydrogen-bond donors (Lipinski definition) is 3. The second-order valence-corrected chi connectivity index (χ2v) is 5.12. The molecule has 0 unspecified atom stereocenters. The number of H-pyrrole nitrogens is 1. The predicted molar refractivity (Wildman–Crippen MR) is 82.6 cm³/mol. The number of nitrogens with zero attached hydrogens (tertiary/aromatic N) is 2. The molecule has 2 rings (SSSR count). The van der Waals surface area contributed by atoms with Gasteiger partial charge < -0.3 is 19.5 Å². The molecule has 1 aromatic carbocycles. The van der Waals surface area contributed by atoms with E-state index in [0.29, 0.717) is 41.3 Å². The molecule has 0 bridgehead atoms. The van der Waals surface area contributed by atoms with E-state index in [1.54, 1.807) is 23.8 Å². The van der Waals surface area contributed by atoms with Gasteiger partial charge in [-0.25, -0.2) is 0 Å². The second-order valence-electron chi connectivity index (χ2n) is 4.74. The number of unbranched alkanes of at least 4 members (excludes halogenated alkanes) is 1. The maximum absolute atomic E-state index is 10.5. The van der Waals surface area contributed by atoms with Crippen molar-refractivity contribution in [2.75, 3.05) is 7.11 Å². The maximum Gasteiger partial charge on any atom is 0.303 e. The van der Waals surface area contributed by atoms with Crippen LogP contribution in [-0.2, 0) is 11.3 Å². The van der Waals surface area contributed by atoms with Crippen molar-refractivity contribution in [1.82, 2.24) is 14.8 Å². The highest BCUT2D eigenvalue weighted by Crippen LogP contribution is 2.31. The van der Waals surface area contributed by atoms with Crippen molar-refractivity contribution in [3.05, 3.63) is 23.0 Å². The zero-order valence-corrected chi connectivity index (χ0v) is 12.9. The average molecular weight is 323 g/mol. The fourth-order valence-corrected chi connectivity index (χ4v) is 2.32. The lowest BCUT2D eigenvalue weighted by Crippen LogP contribution is -2.03. The van der Waals surface area contributed by atoms with Gasteiger partial charge in [-0.1, -0.05) is 0 Å². The molecule has 118 valence electrons. The predicted octanol–water partition coefficient (Wildman–Crippen LogP) is 2.58. The number of aliphatic carboxylic acids is 1. The van der Waals surface area contributed by atoms with Gasteiger partial charge in [0, 0.05) is 13.0 Å². The van der Waals surface area contributed by atoms with Crippen LogP contribution in [0, 0.1) is 4.77 Å². The van der Waals surface area contributed by atoms with Gasteiger partial charge in [0.05, 0.1) is 12.7 Å². The Labute approximate surface area is 132 Å². The Morgan fingerprint density at radius 1 is 1.45 bits per heavy atom. The molecule has 8 heteroatoms. The van der Waals surface area contributed by atoms with Gasteiger partial charge in [-0.05, 0) is 43.3 Å². The van der Waals surface area contributed by atoms with E-state index in [9.17, 15) is 9.90 Å². The first-order valence-electron chi connectivity index (χ1n) is 6.77. The topological polar surface area (TPSA) is 100 Å². The number of rotatable bonds is 7. The third-order valence-electron chi connectivity index (χ3n) is 3.23. The molecular weight excluding hydrogens is 306 g/mol. The molecule has 0 aliphatic rings. The van der Waals surface area contributed by atoms with E-state index in [0.717, 1.165) is 0 Å². The summed E-state index contributed by atoms with van der Waals surface area (Å²) in [5.74, 6) is 0.346. The molecule has 0 spiro atoms. The molecule has 0 atom stereocenters. The Bertz CT molecular complexity index is 723. The molecule has 0 radical (unpaired) electrons. The van der Waals surface area contributed by atoms with Crippen LogP contribution in [0.5, 0.6) is 11.5 Å². The number of hydrogen-bond acceptors (Lipinski definition) is 5. The molecule has 22 heavy (non-hydrogen) atoms. The monoisotopic (exact) mass is 323 g/mol. The first kappa shape index (κ1) is 16.0. The van der Waals surface area contributed by atoms with Gasteiger partial charge >= 0.3 is 5.97 Å². The van der Waals surface area contributed by atoms with Crippen molar-refractivity contribution in [2.24, 2.45) is 0 Å². The SMILES string of the molecule is COc1ccc(O)c(-c2n[nH]c(=S)n2CCCCC(=O)O)c1. The van der Waals surface area contributed by atoms with Crippen molar-refractivity contribution in [1.29, 1.82) is 0 Å². The van der Waals surface area contributed by atoms with E-state index in [1.807, 2.05) is 0 Å². The molecule has 7 nitrogen and oxygen atoms in total. The molecule has 1 aromatic heterocycles. The summed E-state index contributed by atoms with van der Waals surface area (Å²) in [6.45, 7) is 0.522. The summed E-state index contributed by atoms with van der Waals surface area (Å²) in [6.07, 6.45) is 1.31. The Kier molecular flexibility index (Phi) is 5.16. The fraction of sp³-hybridized carbons (Fsp3) is 0.357. The number of phenolic OH excluding ortho intramolecular Hbond substituents is 1. The molecule has 0 aliphatic carbocycles. The number of phenols is 1. The van der Waals surface area contributed by atoms with Gasteiger partial charge in [0.15, 0.2) is 10.6 Å². The Hall–Kier alpha value is -2.35. The average Bonchev–Trinajstić information content (AvgIpc) is 2.85. The van der Waals surface area contributed by atoms with E-state index in [4.69, 9.17) is 22.1 Å². The van der Waals surface area contributed by atoms with Gasteiger partial charge in [0.1, 0.15) is 11.5 Å². The largest absolute Gasteiger partial charge is 0.507 e. The third-order valence-corrected chi connectivity index (χ3v) is 3.54. The highest BCUT2D eigenvalue weighted by molar-refractivity contribution is 7.71. The number of aromatic nitrogens is 3. The molecule has 2 aromatic rings. The number of aromatic hydroxyl groups is 1. The van der Waals surface area contributed by atoms with E-state index in [-0.39, 0.29) is 12.2 Å². The van der Waals surface area contributed by atoms with Gasteiger partial charge in [-0.3, -0.25) is 9.89 Å². The smallest absolute Gasteiger partial charge is 0.303 e. The molecule has 3 N–H and O–H groups in total. The second kappa shape index (κ2) is 7.08. The Morgan fingerprint density at radius 2 is 2.23 bits per heavy atom. The summed E-state index contributed by atoms with van der Waals surface area (Å²) in [4.78, 5) is 10.5. The summed E-state index contributed by atoms with van der Waals surface area (Å²) in [7, 11) is 1.54. The van der Waals surface area contributed by atoms with Crippen LogP contribution in [0.1, 0.15) is 19.3 Å². The molecule has 0 fully saturated rings. The zero-order valence-electron chi connectivity index (χ0n) is 12.1. The number of carboxylic acid groups (broad SMARTS) is 1. The van der Waals surface area contributed by atoms with Crippen molar-refractivity contribution < 1.29 is 19.7 Å². The van der Waals surface area contributed by atoms with Crippen molar-refractivity contribution in [3.8, 4) is 22.9 Å². The van der Waals surface area contributed by atoms with Gasteiger partial charge in [-0.2, -0.15) is 5.10 Å². The normalized spacial score (nSPS) is 10.6. The molecular formula is C14H17N3O4S. The van der Waals surface area contributed by atoms with Crippen LogP contribution in [0.3, 0.4) is 0 Å². The van der Waals surface area contributed by atoms with Crippen molar-refractivity contribution >= 4 is 18.2 Å². The molecule has 0 aliphatic heterocycles. The number of benzene rings is 1. The van der Waals surface area contributed by atoms with E-state index < -0.39 is 5.97 Å². The molecule has 1 heterocycles. The van der Waals surface area contributed by atoms with Crippen LogP contribution < -0.4 is 4.74 Å². The minimum absolute atomic E-state index is 0.0709. The zero-order chi connectivity index (χ0) is 16.1. The van der Waals surface area contributed by atoms with Gasteiger partial charge in [-0.15, -0.1) is 0 Å². The molecule has 0 saturated heterocycles. The third kappa shape index (κ3) is 3.64. The van der Waals surface area contributed by atoms with E-state index in [2.05, 4.69) is 10.2 Å². The van der Waals surface area contributed by atoms with Crippen LogP contribution in [-0.4, -0.2) is 38.1 Å². The van der Waals surface area contributed by atoms with Crippen molar-refractivity contribution in [3.63, 3.8) is 0 Å².